The molecule has 0 bridgehead atoms. The first-order chi connectivity index (χ1) is 17.7. The van der Waals surface area contributed by atoms with E-state index in [0.29, 0.717) is 6.42 Å². The first kappa shape index (κ1) is 34.5. The molecule has 9 N–H and O–H groups in total. The van der Waals surface area contributed by atoms with Crippen LogP contribution in [0.2, 0.25) is 0 Å². The Morgan fingerprint density at radius 1 is 0.892 bits per heavy atom. The SMILES string of the molecule is CCCCCCCCCCCCCC[C@@H](O)[C@@H](O)[C@@H](N)CO[C@H]1OC(CSCC(N)=O)[C@H](O)[C@H](O)C1O. The number of ether oxygens (including phenoxy) is 2. The van der Waals surface area contributed by atoms with Gasteiger partial charge in [-0.05, 0) is 6.42 Å². The number of carbonyl (C=O) groups is 1. The molecule has 1 fully saturated rings. The van der Waals surface area contributed by atoms with Crippen LogP contribution in [0.1, 0.15) is 90.4 Å². The fraction of sp³-hybridized carbons (Fsp3) is 0.962. The minimum atomic E-state index is -1.53. The van der Waals surface area contributed by atoms with Gasteiger partial charge in [-0.2, -0.15) is 0 Å². The second-order valence-electron chi connectivity index (χ2n) is 10.2. The summed E-state index contributed by atoms with van der Waals surface area (Å²) in [5, 5.41) is 51.1. The summed E-state index contributed by atoms with van der Waals surface area (Å²) < 4.78 is 11.0. The van der Waals surface area contributed by atoms with Crippen LogP contribution in [0.3, 0.4) is 0 Å². The fourth-order valence-electron chi connectivity index (χ4n) is 4.42. The van der Waals surface area contributed by atoms with Gasteiger partial charge in [-0.25, -0.2) is 0 Å². The van der Waals surface area contributed by atoms with Crippen LogP contribution in [-0.2, 0) is 14.3 Å². The summed E-state index contributed by atoms with van der Waals surface area (Å²) in [6, 6.07) is -0.935. The smallest absolute Gasteiger partial charge is 0.227 e. The van der Waals surface area contributed by atoms with Crippen LogP contribution in [0.5, 0.6) is 0 Å². The van der Waals surface area contributed by atoms with Crippen LogP contribution in [-0.4, -0.2) is 98.5 Å². The molecule has 10 nitrogen and oxygen atoms in total. The number of rotatable bonds is 22. The molecule has 0 radical (unpaired) electrons. The van der Waals surface area contributed by atoms with Crippen molar-refractivity contribution >= 4 is 17.7 Å². The van der Waals surface area contributed by atoms with Gasteiger partial charge in [0.15, 0.2) is 6.29 Å². The molecule has 2 unspecified atom stereocenters. The average Bonchev–Trinajstić information content (AvgIpc) is 2.87. The number of thioether (sulfide) groups is 1. The van der Waals surface area contributed by atoms with Crippen molar-refractivity contribution in [2.75, 3.05) is 18.1 Å². The number of aliphatic hydroxyl groups excluding tert-OH is 5. The average molecular weight is 553 g/mol. The van der Waals surface area contributed by atoms with Crippen molar-refractivity contribution in [2.45, 2.75) is 139 Å². The minimum Gasteiger partial charge on any atom is -0.390 e. The molecule has 1 saturated heterocycles. The Morgan fingerprint density at radius 3 is 1.97 bits per heavy atom. The van der Waals surface area contributed by atoms with E-state index >= 15 is 0 Å². The molecule has 37 heavy (non-hydrogen) atoms. The Balaban J connectivity index is 2.22. The lowest BCUT2D eigenvalue weighted by Gasteiger charge is -2.40. The standard InChI is InChI=1S/C26H52N2O8S/c1-2-3-4-5-6-7-8-9-10-11-12-13-14-19(29)22(31)18(27)15-35-26-25(34)24(33)23(32)20(36-26)16-37-17-21(28)30/h18-20,22-26,29,31-34H,2-17,27H2,1H3,(H2,28,30)/t18-,19+,20?,22-,23-,24-,25?,26-/m0/s1. The van der Waals surface area contributed by atoms with E-state index in [1.165, 1.54) is 57.8 Å². The van der Waals surface area contributed by atoms with Gasteiger partial charge >= 0.3 is 0 Å². The number of carbonyl (C=O) groups excluding carboxylic acids is 1. The molecule has 0 aliphatic carbocycles. The van der Waals surface area contributed by atoms with E-state index in [0.717, 1.165) is 31.0 Å². The highest BCUT2D eigenvalue weighted by Gasteiger charge is 2.44. The summed E-state index contributed by atoms with van der Waals surface area (Å²) in [5.74, 6) is -0.351. The molecule has 1 heterocycles. The molecule has 1 rings (SSSR count). The van der Waals surface area contributed by atoms with Gasteiger partial charge in [-0.3, -0.25) is 4.79 Å². The van der Waals surface area contributed by atoms with Gasteiger partial charge in [0, 0.05) is 5.75 Å². The van der Waals surface area contributed by atoms with Crippen LogP contribution >= 0.6 is 11.8 Å². The second-order valence-corrected chi connectivity index (χ2v) is 11.3. The number of nitrogens with two attached hydrogens (primary N) is 2. The predicted octanol–water partition coefficient (Wildman–Crippen LogP) is 1.17. The van der Waals surface area contributed by atoms with E-state index in [2.05, 4.69) is 6.92 Å². The first-order valence-electron chi connectivity index (χ1n) is 14.0. The largest absolute Gasteiger partial charge is 0.390 e. The van der Waals surface area contributed by atoms with Crippen molar-refractivity contribution in [2.24, 2.45) is 11.5 Å². The van der Waals surface area contributed by atoms with Crippen LogP contribution in [0.15, 0.2) is 0 Å². The second kappa shape index (κ2) is 20.4. The van der Waals surface area contributed by atoms with Gasteiger partial charge in [0.1, 0.15) is 18.3 Å². The van der Waals surface area contributed by atoms with Gasteiger partial charge < -0.3 is 46.5 Å². The number of hydrogen-bond donors (Lipinski definition) is 7. The van der Waals surface area contributed by atoms with Crippen molar-refractivity contribution < 1.29 is 39.8 Å². The predicted molar refractivity (Wildman–Crippen MR) is 145 cm³/mol. The van der Waals surface area contributed by atoms with E-state index in [1.807, 2.05) is 0 Å². The lowest BCUT2D eigenvalue weighted by molar-refractivity contribution is -0.294. The molecule has 0 spiro atoms. The highest BCUT2D eigenvalue weighted by Crippen LogP contribution is 2.25. The van der Waals surface area contributed by atoms with Crippen LogP contribution in [0.4, 0.5) is 0 Å². The Kier molecular flexibility index (Phi) is 19.0. The molecular formula is C26H52N2O8S. The third-order valence-corrected chi connectivity index (χ3v) is 7.89. The summed E-state index contributed by atoms with van der Waals surface area (Å²) in [6.07, 6.45) is 6.19. The number of amides is 1. The molecule has 1 aliphatic rings. The zero-order chi connectivity index (χ0) is 27.6. The number of aliphatic hydroxyl groups is 5. The number of hydrogen-bond acceptors (Lipinski definition) is 10. The Bertz CT molecular complexity index is 591. The zero-order valence-electron chi connectivity index (χ0n) is 22.5. The molecule has 220 valence electrons. The highest BCUT2D eigenvalue weighted by molar-refractivity contribution is 7.99. The third kappa shape index (κ3) is 14.5. The van der Waals surface area contributed by atoms with Crippen LogP contribution in [0, 0.1) is 0 Å². The Morgan fingerprint density at radius 2 is 1.43 bits per heavy atom. The fourth-order valence-corrected chi connectivity index (χ4v) is 5.25. The normalized spacial score (nSPS) is 26.6. The molecule has 0 saturated carbocycles. The number of primary amides is 1. The Labute approximate surface area is 226 Å². The van der Waals surface area contributed by atoms with Crippen molar-refractivity contribution in [3.8, 4) is 0 Å². The molecular weight excluding hydrogens is 500 g/mol. The monoisotopic (exact) mass is 552 g/mol. The van der Waals surface area contributed by atoms with E-state index in [1.54, 1.807) is 0 Å². The van der Waals surface area contributed by atoms with E-state index in [4.69, 9.17) is 20.9 Å². The summed E-state index contributed by atoms with van der Waals surface area (Å²) in [7, 11) is 0. The summed E-state index contributed by atoms with van der Waals surface area (Å²) in [6.45, 7) is 2.00. The lowest BCUT2D eigenvalue weighted by atomic mass is 9.99. The molecule has 0 aromatic heterocycles. The maximum atomic E-state index is 10.9. The van der Waals surface area contributed by atoms with Crippen molar-refractivity contribution in [3.63, 3.8) is 0 Å². The third-order valence-electron chi connectivity index (χ3n) is 6.83. The zero-order valence-corrected chi connectivity index (χ0v) is 23.3. The van der Waals surface area contributed by atoms with E-state index in [9.17, 15) is 30.3 Å². The first-order valence-corrected chi connectivity index (χ1v) is 15.1. The molecule has 0 aromatic rings. The maximum absolute atomic E-state index is 10.9. The molecule has 1 amide bonds. The molecule has 8 atom stereocenters. The van der Waals surface area contributed by atoms with Gasteiger partial charge in [0.2, 0.25) is 5.91 Å². The summed E-state index contributed by atoms with van der Waals surface area (Å²) >= 11 is 1.12. The van der Waals surface area contributed by atoms with Crippen molar-refractivity contribution in [1.82, 2.24) is 0 Å². The van der Waals surface area contributed by atoms with Gasteiger partial charge in [-0.1, -0.05) is 84.0 Å². The minimum absolute atomic E-state index is 0.0188. The van der Waals surface area contributed by atoms with Crippen molar-refractivity contribution in [1.29, 1.82) is 0 Å². The van der Waals surface area contributed by atoms with Gasteiger partial charge in [0.25, 0.3) is 0 Å². The van der Waals surface area contributed by atoms with Crippen LogP contribution in [0.25, 0.3) is 0 Å². The quantitative estimate of drug-likeness (QED) is 0.0960. The number of unbranched alkanes of at least 4 members (excludes halogenated alkanes) is 11. The summed E-state index contributed by atoms with van der Waals surface area (Å²) in [4.78, 5) is 10.9. The van der Waals surface area contributed by atoms with Crippen molar-refractivity contribution in [3.05, 3.63) is 0 Å². The van der Waals surface area contributed by atoms with Crippen LogP contribution < -0.4 is 11.5 Å². The molecule has 1 aliphatic heterocycles. The van der Waals surface area contributed by atoms with Gasteiger partial charge in [-0.15, -0.1) is 11.8 Å². The molecule has 11 heteroatoms. The topological polar surface area (TPSA) is 189 Å². The van der Waals surface area contributed by atoms with Gasteiger partial charge in [0.05, 0.1) is 36.7 Å². The summed E-state index contributed by atoms with van der Waals surface area (Å²) in [5.41, 5.74) is 11.1. The lowest BCUT2D eigenvalue weighted by Crippen LogP contribution is -2.59. The molecule has 0 aromatic carbocycles. The van der Waals surface area contributed by atoms with E-state index in [-0.39, 0.29) is 18.1 Å². The van der Waals surface area contributed by atoms with E-state index < -0.39 is 54.9 Å². The Hall–Kier alpha value is -0.500. The highest BCUT2D eigenvalue weighted by atomic mass is 32.2. The maximum Gasteiger partial charge on any atom is 0.227 e.